The summed E-state index contributed by atoms with van der Waals surface area (Å²) in [6.07, 6.45) is 0. The molecular weight excluding hydrogens is 306 g/mol. The molecule has 6 heteroatoms. The predicted octanol–water partition coefficient (Wildman–Crippen LogP) is 3.75. The molecule has 116 valence electrons. The standard InChI is InChI=1S/C17H10F2O4/c18-12-5-11(6-13(19)8-12)17(21)22-9-14(20)16-7-10-3-1-2-4-15(10)23-16/h1-8H,9H2. The average molecular weight is 316 g/mol. The molecule has 2 aromatic carbocycles. The van der Waals surface area contributed by atoms with Crippen LogP contribution < -0.4 is 0 Å². The molecule has 0 unspecified atom stereocenters. The number of furan rings is 1. The van der Waals surface area contributed by atoms with Crippen molar-refractivity contribution in [3.63, 3.8) is 0 Å². The lowest BCUT2D eigenvalue weighted by molar-refractivity contribution is 0.0467. The van der Waals surface area contributed by atoms with E-state index in [0.717, 1.165) is 17.5 Å². The molecule has 1 aromatic heterocycles. The summed E-state index contributed by atoms with van der Waals surface area (Å²) in [5, 5.41) is 0.745. The second-order valence-electron chi connectivity index (χ2n) is 4.81. The fraction of sp³-hybridized carbons (Fsp3) is 0.0588. The summed E-state index contributed by atoms with van der Waals surface area (Å²) in [5.74, 6) is -3.30. The maximum Gasteiger partial charge on any atom is 0.338 e. The van der Waals surface area contributed by atoms with Crippen LogP contribution in [-0.4, -0.2) is 18.4 Å². The number of para-hydroxylation sites is 1. The van der Waals surface area contributed by atoms with E-state index in [0.29, 0.717) is 11.6 Å². The first-order chi connectivity index (χ1) is 11.0. The highest BCUT2D eigenvalue weighted by Crippen LogP contribution is 2.19. The number of esters is 1. The average Bonchev–Trinajstić information content (AvgIpc) is 2.95. The van der Waals surface area contributed by atoms with E-state index in [1.54, 1.807) is 24.3 Å². The normalized spacial score (nSPS) is 10.7. The van der Waals surface area contributed by atoms with Gasteiger partial charge in [0.15, 0.2) is 12.4 Å². The van der Waals surface area contributed by atoms with Crippen molar-refractivity contribution in [1.82, 2.24) is 0 Å². The number of carbonyl (C=O) groups is 2. The van der Waals surface area contributed by atoms with Crippen LogP contribution in [0.3, 0.4) is 0 Å². The molecule has 0 saturated heterocycles. The third-order valence-corrected chi connectivity index (χ3v) is 3.13. The van der Waals surface area contributed by atoms with Crippen LogP contribution in [0.2, 0.25) is 0 Å². The lowest BCUT2D eigenvalue weighted by Gasteiger charge is -2.03. The Kier molecular flexibility index (Phi) is 3.89. The molecule has 0 amide bonds. The van der Waals surface area contributed by atoms with Crippen molar-refractivity contribution in [1.29, 1.82) is 0 Å². The minimum atomic E-state index is -0.993. The number of Topliss-reactive ketones (excluding diaryl/α,β-unsaturated/α-hetero) is 1. The zero-order valence-electron chi connectivity index (χ0n) is 11.7. The van der Waals surface area contributed by atoms with Crippen LogP contribution in [-0.2, 0) is 4.74 Å². The zero-order valence-corrected chi connectivity index (χ0v) is 11.7. The van der Waals surface area contributed by atoms with Crippen LogP contribution in [0.1, 0.15) is 20.9 Å². The van der Waals surface area contributed by atoms with Gasteiger partial charge in [-0.3, -0.25) is 4.79 Å². The molecule has 0 aliphatic heterocycles. The van der Waals surface area contributed by atoms with Crippen molar-refractivity contribution < 1.29 is 27.5 Å². The minimum absolute atomic E-state index is 0.0458. The molecule has 0 N–H and O–H groups in total. The number of hydrogen-bond donors (Lipinski definition) is 0. The predicted molar refractivity (Wildman–Crippen MR) is 77.2 cm³/mol. The summed E-state index contributed by atoms with van der Waals surface area (Å²) in [6, 6.07) is 10.9. The van der Waals surface area contributed by atoms with Crippen LogP contribution in [0.25, 0.3) is 11.0 Å². The Balaban J connectivity index is 1.69. The van der Waals surface area contributed by atoms with Gasteiger partial charge in [-0.1, -0.05) is 18.2 Å². The Morgan fingerprint density at radius 2 is 1.70 bits per heavy atom. The van der Waals surface area contributed by atoms with Crippen molar-refractivity contribution in [2.75, 3.05) is 6.61 Å². The molecule has 0 aliphatic rings. The van der Waals surface area contributed by atoms with Crippen molar-refractivity contribution in [3.8, 4) is 0 Å². The van der Waals surface area contributed by atoms with E-state index in [1.165, 1.54) is 6.07 Å². The lowest BCUT2D eigenvalue weighted by atomic mass is 10.2. The number of halogens is 2. The number of fused-ring (bicyclic) bond motifs is 1. The van der Waals surface area contributed by atoms with E-state index in [-0.39, 0.29) is 11.3 Å². The maximum absolute atomic E-state index is 13.0. The smallest absolute Gasteiger partial charge is 0.338 e. The van der Waals surface area contributed by atoms with Gasteiger partial charge in [0.05, 0.1) is 5.56 Å². The van der Waals surface area contributed by atoms with E-state index in [4.69, 9.17) is 9.15 Å². The van der Waals surface area contributed by atoms with E-state index in [9.17, 15) is 18.4 Å². The van der Waals surface area contributed by atoms with Gasteiger partial charge < -0.3 is 9.15 Å². The molecule has 0 atom stereocenters. The molecule has 1 heterocycles. The lowest BCUT2D eigenvalue weighted by Crippen LogP contribution is -2.14. The first-order valence-corrected chi connectivity index (χ1v) is 6.68. The number of hydrogen-bond acceptors (Lipinski definition) is 4. The number of ketones is 1. The van der Waals surface area contributed by atoms with Gasteiger partial charge in [-0.2, -0.15) is 0 Å². The first kappa shape index (κ1) is 14.9. The second kappa shape index (κ2) is 6.00. The summed E-state index contributed by atoms with van der Waals surface area (Å²) >= 11 is 0. The third kappa shape index (κ3) is 3.26. The Morgan fingerprint density at radius 1 is 1.00 bits per heavy atom. The summed E-state index contributed by atoms with van der Waals surface area (Å²) in [4.78, 5) is 23.7. The Morgan fingerprint density at radius 3 is 2.39 bits per heavy atom. The fourth-order valence-electron chi connectivity index (χ4n) is 2.08. The Bertz CT molecular complexity index is 845. The zero-order chi connectivity index (χ0) is 16.4. The van der Waals surface area contributed by atoms with E-state index >= 15 is 0 Å². The van der Waals surface area contributed by atoms with Crippen LogP contribution in [0.15, 0.2) is 52.9 Å². The molecule has 0 radical (unpaired) electrons. The Labute approximate surface area is 129 Å². The molecule has 0 spiro atoms. The van der Waals surface area contributed by atoms with Crippen molar-refractivity contribution in [2.45, 2.75) is 0 Å². The monoisotopic (exact) mass is 316 g/mol. The van der Waals surface area contributed by atoms with Gasteiger partial charge in [0.1, 0.15) is 17.2 Å². The van der Waals surface area contributed by atoms with Gasteiger partial charge in [0.25, 0.3) is 0 Å². The third-order valence-electron chi connectivity index (χ3n) is 3.13. The summed E-state index contributed by atoms with van der Waals surface area (Å²) in [7, 11) is 0. The molecule has 3 aromatic rings. The quantitative estimate of drug-likeness (QED) is 0.543. The van der Waals surface area contributed by atoms with Gasteiger partial charge in [-0.15, -0.1) is 0 Å². The highest BCUT2D eigenvalue weighted by molar-refractivity contribution is 6.00. The summed E-state index contributed by atoms with van der Waals surface area (Å²) in [6.45, 7) is -0.587. The fourth-order valence-corrected chi connectivity index (χ4v) is 2.08. The molecule has 3 rings (SSSR count). The maximum atomic E-state index is 13.0. The molecule has 23 heavy (non-hydrogen) atoms. The second-order valence-corrected chi connectivity index (χ2v) is 4.81. The molecule has 0 bridgehead atoms. The van der Waals surface area contributed by atoms with E-state index < -0.39 is 30.0 Å². The molecule has 4 nitrogen and oxygen atoms in total. The van der Waals surface area contributed by atoms with Gasteiger partial charge >= 0.3 is 5.97 Å². The van der Waals surface area contributed by atoms with Crippen LogP contribution >= 0.6 is 0 Å². The van der Waals surface area contributed by atoms with Crippen LogP contribution in [0.5, 0.6) is 0 Å². The number of ether oxygens (including phenoxy) is 1. The van der Waals surface area contributed by atoms with E-state index in [2.05, 4.69) is 0 Å². The SMILES string of the molecule is O=C(OCC(=O)c1cc2ccccc2o1)c1cc(F)cc(F)c1. The van der Waals surface area contributed by atoms with Crippen molar-refractivity contribution in [2.24, 2.45) is 0 Å². The van der Waals surface area contributed by atoms with Gasteiger partial charge in [0.2, 0.25) is 5.78 Å². The number of benzene rings is 2. The van der Waals surface area contributed by atoms with Crippen molar-refractivity contribution >= 4 is 22.7 Å². The molecule has 0 fully saturated rings. The van der Waals surface area contributed by atoms with Gasteiger partial charge in [0, 0.05) is 11.5 Å². The highest BCUT2D eigenvalue weighted by atomic mass is 19.1. The first-order valence-electron chi connectivity index (χ1n) is 6.68. The van der Waals surface area contributed by atoms with Crippen LogP contribution in [0, 0.1) is 11.6 Å². The van der Waals surface area contributed by atoms with Gasteiger partial charge in [-0.25, -0.2) is 13.6 Å². The molecular formula is C17H10F2O4. The van der Waals surface area contributed by atoms with Crippen molar-refractivity contribution in [3.05, 3.63) is 71.5 Å². The van der Waals surface area contributed by atoms with Crippen LogP contribution in [0.4, 0.5) is 8.78 Å². The Hall–Kier alpha value is -3.02. The van der Waals surface area contributed by atoms with E-state index in [1.807, 2.05) is 0 Å². The highest BCUT2D eigenvalue weighted by Gasteiger charge is 2.16. The summed E-state index contributed by atoms with van der Waals surface area (Å²) < 4.78 is 36.2. The summed E-state index contributed by atoms with van der Waals surface area (Å²) in [5.41, 5.74) is 0.231. The number of carbonyl (C=O) groups excluding carboxylic acids is 2. The number of rotatable bonds is 4. The molecule has 0 aliphatic carbocycles. The topological polar surface area (TPSA) is 56.5 Å². The minimum Gasteiger partial charge on any atom is -0.454 e. The molecule has 0 saturated carbocycles. The largest absolute Gasteiger partial charge is 0.454 e. The van der Waals surface area contributed by atoms with Gasteiger partial charge in [-0.05, 0) is 24.3 Å².